The van der Waals surface area contributed by atoms with Crippen molar-refractivity contribution >= 4 is 27.8 Å². The summed E-state index contributed by atoms with van der Waals surface area (Å²) in [4.78, 5) is 10.3. The molecule has 2 heterocycles. The van der Waals surface area contributed by atoms with Gasteiger partial charge in [-0.3, -0.25) is 0 Å². The summed E-state index contributed by atoms with van der Waals surface area (Å²) >= 11 is 3.31. The number of methoxy groups -OCH3 is 1. The predicted octanol–water partition coefficient (Wildman–Crippen LogP) is 3.41. The lowest BCUT2D eigenvalue weighted by molar-refractivity contribution is 0.184. The lowest BCUT2D eigenvalue weighted by Crippen LogP contribution is -1.95. The second-order valence-corrected chi connectivity index (χ2v) is 5.68. The molecule has 4 nitrogen and oxygen atoms in total. The van der Waals surface area contributed by atoms with Crippen LogP contribution in [0.25, 0.3) is 10.6 Å². The molecular weight excluding hydrogens is 266 g/mol. The van der Waals surface area contributed by atoms with Gasteiger partial charge in [-0.15, -0.1) is 22.7 Å². The lowest BCUT2D eigenvalue weighted by Gasteiger charge is -1.95. The molecule has 0 fully saturated rings. The van der Waals surface area contributed by atoms with Crippen LogP contribution in [0.4, 0.5) is 5.13 Å². The average molecular weight is 283 g/mol. The van der Waals surface area contributed by atoms with Gasteiger partial charge >= 0.3 is 0 Å². The number of hydrogen-bond acceptors (Lipinski definition) is 6. The number of aryl methyl sites for hydroxylation is 1. The normalized spacial score (nSPS) is 10.8. The quantitative estimate of drug-likeness (QED) is 0.882. The Balaban J connectivity index is 2.29. The van der Waals surface area contributed by atoms with Crippen molar-refractivity contribution in [2.45, 2.75) is 26.9 Å². The first-order valence-electron chi connectivity index (χ1n) is 5.95. The lowest BCUT2D eigenvalue weighted by atomic mass is 10.2. The van der Waals surface area contributed by atoms with E-state index in [9.17, 15) is 0 Å². The van der Waals surface area contributed by atoms with Crippen molar-refractivity contribution < 1.29 is 4.74 Å². The molecule has 0 aliphatic heterocycles. The minimum absolute atomic E-state index is 0.571. The van der Waals surface area contributed by atoms with Gasteiger partial charge in [-0.1, -0.05) is 6.92 Å². The van der Waals surface area contributed by atoms with Crippen LogP contribution < -0.4 is 5.32 Å². The molecule has 0 aliphatic rings. The molecule has 2 aromatic rings. The highest BCUT2D eigenvalue weighted by Gasteiger charge is 2.14. The van der Waals surface area contributed by atoms with Crippen molar-refractivity contribution in [2.75, 3.05) is 19.0 Å². The summed E-state index contributed by atoms with van der Waals surface area (Å²) in [6.07, 6.45) is 0.920. The minimum Gasteiger partial charge on any atom is -0.378 e. The number of rotatable bonds is 6. The first-order valence-corrected chi connectivity index (χ1v) is 7.65. The topological polar surface area (TPSA) is 47.0 Å². The van der Waals surface area contributed by atoms with E-state index in [-0.39, 0.29) is 0 Å². The molecule has 98 valence electrons. The number of ether oxygens (including phenoxy) is 1. The van der Waals surface area contributed by atoms with Gasteiger partial charge in [-0.25, -0.2) is 9.97 Å². The highest BCUT2D eigenvalue weighted by atomic mass is 32.1. The van der Waals surface area contributed by atoms with Gasteiger partial charge in [-0.2, -0.15) is 0 Å². The maximum atomic E-state index is 5.14. The zero-order chi connectivity index (χ0) is 13.0. The Morgan fingerprint density at radius 2 is 2.17 bits per heavy atom. The molecule has 18 heavy (non-hydrogen) atoms. The zero-order valence-corrected chi connectivity index (χ0v) is 12.5. The molecule has 0 spiro atoms. The molecule has 0 aliphatic carbocycles. The molecule has 0 radical (unpaired) electrons. The van der Waals surface area contributed by atoms with Crippen LogP contribution in [0.2, 0.25) is 0 Å². The fourth-order valence-electron chi connectivity index (χ4n) is 1.64. The summed E-state index contributed by atoms with van der Waals surface area (Å²) in [6, 6.07) is 0. The van der Waals surface area contributed by atoms with E-state index in [1.54, 1.807) is 29.8 Å². The second-order valence-electron chi connectivity index (χ2n) is 3.74. The number of nitrogens with zero attached hydrogens (tertiary/aromatic N) is 2. The summed E-state index contributed by atoms with van der Waals surface area (Å²) < 4.78 is 5.14. The third-order valence-corrected chi connectivity index (χ3v) is 4.30. The van der Waals surface area contributed by atoms with Gasteiger partial charge in [-0.05, 0) is 13.3 Å². The highest BCUT2D eigenvalue weighted by molar-refractivity contribution is 7.16. The van der Waals surface area contributed by atoms with Crippen molar-refractivity contribution in [1.29, 1.82) is 0 Å². The monoisotopic (exact) mass is 283 g/mol. The molecule has 1 N–H and O–H groups in total. The van der Waals surface area contributed by atoms with Crippen molar-refractivity contribution in [3.63, 3.8) is 0 Å². The van der Waals surface area contributed by atoms with E-state index in [4.69, 9.17) is 4.74 Å². The van der Waals surface area contributed by atoms with Crippen LogP contribution in [-0.4, -0.2) is 23.6 Å². The van der Waals surface area contributed by atoms with E-state index in [0.717, 1.165) is 34.5 Å². The third-order valence-electron chi connectivity index (χ3n) is 2.41. The molecular formula is C12H17N3OS2. The smallest absolute Gasteiger partial charge is 0.183 e. The third kappa shape index (κ3) is 2.88. The van der Waals surface area contributed by atoms with E-state index in [2.05, 4.69) is 34.5 Å². The van der Waals surface area contributed by atoms with Crippen molar-refractivity contribution in [3.8, 4) is 10.6 Å². The Labute approximate surface area is 115 Å². The maximum Gasteiger partial charge on any atom is 0.183 e. The molecule has 2 rings (SSSR count). The summed E-state index contributed by atoms with van der Waals surface area (Å²) in [5, 5.41) is 7.30. The maximum absolute atomic E-state index is 5.14. The van der Waals surface area contributed by atoms with Gasteiger partial charge in [0.05, 0.1) is 22.9 Å². The second kappa shape index (κ2) is 6.26. The van der Waals surface area contributed by atoms with Crippen molar-refractivity contribution in [1.82, 2.24) is 9.97 Å². The summed E-state index contributed by atoms with van der Waals surface area (Å²) in [5.74, 6) is 0. The Hall–Kier alpha value is -0.980. The van der Waals surface area contributed by atoms with E-state index in [1.807, 2.05) is 0 Å². The molecule has 2 aromatic heterocycles. The number of anilines is 1. The SMILES string of the molecule is CCNc1nc(-c2sc(COC)nc2CC)cs1. The predicted molar refractivity (Wildman–Crippen MR) is 77.5 cm³/mol. The Morgan fingerprint density at radius 3 is 2.83 bits per heavy atom. The molecule has 0 aromatic carbocycles. The largest absolute Gasteiger partial charge is 0.378 e. The summed E-state index contributed by atoms with van der Waals surface area (Å²) in [7, 11) is 1.69. The van der Waals surface area contributed by atoms with Gasteiger partial charge in [0.25, 0.3) is 0 Å². The van der Waals surface area contributed by atoms with Gasteiger partial charge in [0.15, 0.2) is 5.13 Å². The number of nitrogens with one attached hydrogen (secondary N) is 1. The highest BCUT2D eigenvalue weighted by Crippen LogP contribution is 2.33. The fourth-order valence-corrected chi connectivity index (χ4v) is 3.57. The van der Waals surface area contributed by atoms with E-state index < -0.39 is 0 Å². The van der Waals surface area contributed by atoms with Gasteiger partial charge in [0.1, 0.15) is 5.01 Å². The van der Waals surface area contributed by atoms with Crippen LogP contribution in [0.5, 0.6) is 0 Å². The molecule has 6 heteroatoms. The first kappa shape index (κ1) is 13.5. The van der Waals surface area contributed by atoms with E-state index in [0.29, 0.717) is 6.61 Å². The molecule has 0 amide bonds. The Morgan fingerprint density at radius 1 is 1.33 bits per heavy atom. The van der Waals surface area contributed by atoms with Crippen LogP contribution in [0, 0.1) is 0 Å². The molecule has 0 unspecified atom stereocenters. The molecule has 0 saturated heterocycles. The van der Waals surface area contributed by atoms with Gasteiger partial charge in [0, 0.05) is 19.0 Å². The standard InChI is InChI=1S/C12H17N3OS2/c1-4-8-11(18-10(14-8)6-16-3)9-7-17-12(15-9)13-5-2/h7H,4-6H2,1-3H3,(H,13,15). The minimum atomic E-state index is 0.571. The number of aromatic nitrogens is 2. The summed E-state index contributed by atoms with van der Waals surface area (Å²) in [6.45, 7) is 5.65. The molecule has 0 bridgehead atoms. The first-order chi connectivity index (χ1) is 8.78. The van der Waals surface area contributed by atoms with Crippen molar-refractivity contribution in [3.05, 3.63) is 16.1 Å². The van der Waals surface area contributed by atoms with Crippen LogP contribution in [0.15, 0.2) is 5.38 Å². The average Bonchev–Trinajstić information content (AvgIpc) is 2.96. The molecule has 0 atom stereocenters. The van der Waals surface area contributed by atoms with Crippen molar-refractivity contribution in [2.24, 2.45) is 0 Å². The van der Waals surface area contributed by atoms with E-state index in [1.165, 1.54) is 4.88 Å². The Kier molecular flexibility index (Phi) is 4.68. The summed E-state index contributed by atoms with van der Waals surface area (Å²) in [5.41, 5.74) is 2.13. The number of hydrogen-bond donors (Lipinski definition) is 1. The fraction of sp³-hybridized carbons (Fsp3) is 0.500. The van der Waals surface area contributed by atoms with Crippen LogP contribution >= 0.6 is 22.7 Å². The number of thiazole rings is 2. The Bertz CT molecular complexity index is 507. The zero-order valence-electron chi connectivity index (χ0n) is 10.8. The van der Waals surface area contributed by atoms with Crippen LogP contribution in [0.1, 0.15) is 24.5 Å². The van der Waals surface area contributed by atoms with E-state index >= 15 is 0 Å². The van der Waals surface area contributed by atoms with Gasteiger partial charge < -0.3 is 10.1 Å². The van der Waals surface area contributed by atoms with Crippen LogP contribution in [-0.2, 0) is 17.8 Å². The van der Waals surface area contributed by atoms with Gasteiger partial charge in [0.2, 0.25) is 0 Å². The van der Waals surface area contributed by atoms with Crippen LogP contribution in [0.3, 0.4) is 0 Å². The molecule has 0 saturated carbocycles.